The zero-order valence-corrected chi connectivity index (χ0v) is 15.9. The van der Waals surface area contributed by atoms with Crippen LogP contribution in [0.3, 0.4) is 0 Å². The van der Waals surface area contributed by atoms with Gasteiger partial charge in [0.25, 0.3) is 5.69 Å². The zero-order valence-electron chi connectivity index (χ0n) is 15.9. The van der Waals surface area contributed by atoms with Crippen LogP contribution >= 0.6 is 0 Å². The molecule has 0 saturated heterocycles. The monoisotopic (exact) mass is 379 g/mol. The van der Waals surface area contributed by atoms with Crippen LogP contribution in [0.25, 0.3) is 0 Å². The van der Waals surface area contributed by atoms with Gasteiger partial charge >= 0.3 is 0 Å². The van der Waals surface area contributed by atoms with Crippen LogP contribution in [-0.2, 0) is 9.59 Å². The summed E-state index contributed by atoms with van der Waals surface area (Å²) in [5.41, 5.74) is 2.47. The number of rotatable bonds is 4. The first-order valence-electron chi connectivity index (χ1n) is 10.3. The van der Waals surface area contributed by atoms with E-state index in [-0.39, 0.29) is 41.4 Å². The number of carbonyl (C=O) groups excluding carboxylic acids is 2. The first-order chi connectivity index (χ1) is 13.6. The lowest BCUT2D eigenvalue weighted by molar-refractivity contribution is -0.384. The highest BCUT2D eigenvalue weighted by molar-refractivity contribution is 6.04. The number of hydrogen-bond donors (Lipinski definition) is 0. The third-order valence-electron chi connectivity index (χ3n) is 6.50. The summed E-state index contributed by atoms with van der Waals surface area (Å²) in [5.74, 6) is -0.391. The van der Waals surface area contributed by atoms with Gasteiger partial charge in [-0.3, -0.25) is 19.7 Å². The number of hydrogen-bond acceptors (Lipinski definition) is 4. The van der Waals surface area contributed by atoms with E-state index >= 15 is 0 Å². The van der Waals surface area contributed by atoms with Gasteiger partial charge in [-0.25, -0.2) is 0 Å². The number of allylic oxidation sites excluding steroid dienone is 4. The van der Waals surface area contributed by atoms with Crippen LogP contribution in [-0.4, -0.2) is 16.5 Å². The van der Waals surface area contributed by atoms with E-state index in [0.29, 0.717) is 0 Å². The Labute approximate surface area is 164 Å². The number of ketones is 2. The molecule has 0 amide bonds. The van der Waals surface area contributed by atoms with Crippen LogP contribution in [0.1, 0.15) is 62.8 Å². The number of fused-ring (bicyclic) bond motifs is 1. The normalized spacial score (nSPS) is 27.4. The number of carbonyl (C=O) groups is 2. The predicted molar refractivity (Wildman–Crippen MR) is 106 cm³/mol. The van der Waals surface area contributed by atoms with Gasteiger partial charge in [-0.2, -0.15) is 0 Å². The molecule has 3 aliphatic carbocycles. The summed E-state index contributed by atoms with van der Waals surface area (Å²) >= 11 is 0. The number of nitro groups is 1. The fourth-order valence-electron chi connectivity index (χ4n) is 5.16. The highest BCUT2D eigenvalue weighted by Crippen LogP contribution is 2.48. The Kier molecular flexibility index (Phi) is 5.25. The fourth-order valence-corrected chi connectivity index (χ4v) is 5.16. The quantitative estimate of drug-likeness (QED) is 0.541. The maximum Gasteiger partial charge on any atom is 0.269 e. The highest BCUT2D eigenvalue weighted by Gasteiger charge is 2.46. The van der Waals surface area contributed by atoms with Crippen LogP contribution in [0.15, 0.2) is 47.6 Å². The van der Waals surface area contributed by atoms with Crippen molar-refractivity contribution >= 4 is 17.3 Å². The summed E-state index contributed by atoms with van der Waals surface area (Å²) in [6.45, 7) is 0. The lowest BCUT2D eigenvalue weighted by Crippen LogP contribution is -2.40. The average Bonchev–Trinajstić information content (AvgIpc) is 2.74. The van der Waals surface area contributed by atoms with Gasteiger partial charge < -0.3 is 0 Å². The van der Waals surface area contributed by atoms with Crippen molar-refractivity contribution in [2.24, 2.45) is 11.8 Å². The van der Waals surface area contributed by atoms with Crippen LogP contribution in [0.4, 0.5) is 5.69 Å². The minimum atomic E-state index is -0.416. The molecule has 0 bridgehead atoms. The first-order valence-corrected chi connectivity index (χ1v) is 10.3. The van der Waals surface area contributed by atoms with Crippen molar-refractivity contribution in [1.29, 1.82) is 0 Å². The van der Waals surface area contributed by atoms with Crippen LogP contribution in [0.2, 0.25) is 0 Å². The molecule has 146 valence electrons. The SMILES string of the molecule is O=C1CC(c2cccc([N+](=O)[O-])c2)C(C(=O)C2=CCCCC2)C2CCCC=C12. The molecule has 1 fully saturated rings. The lowest BCUT2D eigenvalue weighted by Gasteiger charge is -2.40. The van der Waals surface area contributed by atoms with E-state index in [2.05, 4.69) is 6.08 Å². The summed E-state index contributed by atoms with van der Waals surface area (Å²) in [5, 5.41) is 11.2. The summed E-state index contributed by atoms with van der Waals surface area (Å²) in [4.78, 5) is 37.3. The molecular weight excluding hydrogens is 354 g/mol. The Morgan fingerprint density at radius 1 is 1.07 bits per heavy atom. The molecule has 5 nitrogen and oxygen atoms in total. The van der Waals surface area contributed by atoms with Crippen molar-refractivity contribution in [1.82, 2.24) is 0 Å². The van der Waals surface area contributed by atoms with Crippen molar-refractivity contribution < 1.29 is 14.5 Å². The minimum absolute atomic E-state index is 0.0120. The van der Waals surface area contributed by atoms with E-state index in [1.165, 1.54) is 6.07 Å². The second-order valence-electron chi connectivity index (χ2n) is 8.15. The largest absolute Gasteiger partial charge is 0.295 e. The second kappa shape index (κ2) is 7.82. The molecule has 4 rings (SSSR count). The molecule has 28 heavy (non-hydrogen) atoms. The number of benzene rings is 1. The average molecular weight is 379 g/mol. The van der Waals surface area contributed by atoms with Gasteiger partial charge in [-0.05, 0) is 67.6 Å². The van der Waals surface area contributed by atoms with E-state index < -0.39 is 4.92 Å². The van der Waals surface area contributed by atoms with Gasteiger partial charge in [0.05, 0.1) is 4.92 Å². The number of nitrogens with zero attached hydrogens (tertiary/aromatic N) is 1. The van der Waals surface area contributed by atoms with E-state index in [9.17, 15) is 19.7 Å². The van der Waals surface area contributed by atoms with Gasteiger partial charge in [-0.1, -0.05) is 24.3 Å². The standard InChI is InChI=1S/C23H25NO4/c25-21-14-20(16-9-6-10-17(13-16)24(27)28)22(19-12-5-4-11-18(19)21)23(26)15-7-2-1-3-8-15/h6-7,9-11,13,19-20,22H,1-5,8,12,14H2. The number of nitro benzene ring substituents is 1. The van der Waals surface area contributed by atoms with Crippen molar-refractivity contribution in [2.45, 2.75) is 57.3 Å². The second-order valence-corrected chi connectivity index (χ2v) is 8.15. The molecule has 0 aromatic heterocycles. The molecule has 0 heterocycles. The maximum atomic E-state index is 13.6. The van der Waals surface area contributed by atoms with E-state index in [0.717, 1.165) is 61.7 Å². The van der Waals surface area contributed by atoms with Gasteiger partial charge in [0.15, 0.2) is 11.6 Å². The molecule has 1 aromatic carbocycles. The zero-order chi connectivity index (χ0) is 19.7. The third kappa shape index (κ3) is 3.46. The van der Waals surface area contributed by atoms with Crippen LogP contribution in [0, 0.1) is 22.0 Å². The molecule has 0 N–H and O–H groups in total. The topological polar surface area (TPSA) is 77.3 Å². The van der Waals surface area contributed by atoms with Crippen LogP contribution < -0.4 is 0 Å². The van der Waals surface area contributed by atoms with E-state index in [1.807, 2.05) is 12.1 Å². The summed E-state index contributed by atoms with van der Waals surface area (Å²) in [7, 11) is 0. The molecule has 1 aromatic rings. The molecule has 0 spiro atoms. The molecule has 0 aliphatic heterocycles. The summed E-state index contributed by atoms with van der Waals surface area (Å²) in [6.07, 6.45) is 10.9. The Morgan fingerprint density at radius 3 is 2.64 bits per heavy atom. The van der Waals surface area contributed by atoms with Crippen molar-refractivity contribution in [2.75, 3.05) is 0 Å². The smallest absolute Gasteiger partial charge is 0.269 e. The number of Topliss-reactive ketones (excluding diaryl/α,β-unsaturated/α-hetero) is 2. The molecular formula is C23H25NO4. The van der Waals surface area contributed by atoms with Crippen molar-refractivity contribution in [3.05, 3.63) is 63.2 Å². The molecule has 5 heteroatoms. The van der Waals surface area contributed by atoms with E-state index in [1.54, 1.807) is 12.1 Å². The predicted octanol–water partition coefficient (Wildman–Crippen LogP) is 5.06. The Bertz CT molecular complexity index is 882. The highest BCUT2D eigenvalue weighted by atomic mass is 16.6. The van der Waals surface area contributed by atoms with Crippen molar-refractivity contribution in [3.63, 3.8) is 0 Å². The van der Waals surface area contributed by atoms with Gasteiger partial charge in [0.2, 0.25) is 0 Å². The Balaban J connectivity index is 1.77. The number of non-ortho nitro benzene ring substituents is 1. The van der Waals surface area contributed by atoms with Crippen molar-refractivity contribution in [3.8, 4) is 0 Å². The Morgan fingerprint density at radius 2 is 1.89 bits per heavy atom. The van der Waals surface area contributed by atoms with Crippen LogP contribution in [0.5, 0.6) is 0 Å². The van der Waals surface area contributed by atoms with E-state index in [4.69, 9.17) is 0 Å². The fraction of sp³-hybridized carbons (Fsp3) is 0.478. The maximum absolute atomic E-state index is 13.6. The van der Waals surface area contributed by atoms with Gasteiger partial charge in [-0.15, -0.1) is 0 Å². The molecule has 0 radical (unpaired) electrons. The molecule has 3 aliphatic rings. The van der Waals surface area contributed by atoms with Gasteiger partial charge in [0, 0.05) is 30.4 Å². The molecule has 1 saturated carbocycles. The van der Waals surface area contributed by atoms with Gasteiger partial charge in [0.1, 0.15) is 0 Å². The first kappa shape index (κ1) is 18.8. The summed E-state index contributed by atoms with van der Waals surface area (Å²) < 4.78 is 0. The lowest BCUT2D eigenvalue weighted by atomic mass is 9.61. The Hall–Kier alpha value is -2.56. The summed E-state index contributed by atoms with van der Waals surface area (Å²) in [6, 6.07) is 6.50. The minimum Gasteiger partial charge on any atom is -0.295 e. The molecule has 3 atom stereocenters. The molecule has 3 unspecified atom stereocenters. The third-order valence-corrected chi connectivity index (χ3v) is 6.50.